The Morgan fingerprint density at radius 2 is 2.00 bits per heavy atom. The Morgan fingerprint density at radius 3 is 2.68 bits per heavy atom. The van der Waals surface area contributed by atoms with E-state index in [9.17, 15) is 0 Å². The van der Waals surface area contributed by atoms with Gasteiger partial charge < -0.3 is 19.3 Å². The van der Waals surface area contributed by atoms with Crippen LogP contribution in [0.15, 0.2) is 30.9 Å². The van der Waals surface area contributed by atoms with E-state index < -0.39 is 0 Å². The summed E-state index contributed by atoms with van der Waals surface area (Å²) in [7, 11) is 3.97. The average Bonchev–Trinajstić information content (AvgIpc) is 2.54. The first-order valence-electron chi connectivity index (χ1n) is 8.29. The summed E-state index contributed by atoms with van der Waals surface area (Å²) < 4.78 is 11.5. The number of nitrogens with one attached hydrogen (secondary N) is 2. The van der Waals surface area contributed by atoms with Gasteiger partial charge in [0.05, 0.1) is 27.3 Å². The van der Waals surface area contributed by atoms with E-state index in [0.29, 0.717) is 0 Å². The number of ether oxygens (including phenoxy) is 2. The minimum Gasteiger partial charge on any atom is -0.493 e. The topological polar surface area (TPSA) is 27.3 Å². The number of hydrogen-bond acceptors (Lipinski definition) is 2. The number of rotatable bonds is 8. The van der Waals surface area contributed by atoms with E-state index in [1.54, 1.807) is 16.9 Å². The van der Waals surface area contributed by atoms with Gasteiger partial charge in [-0.1, -0.05) is 18.2 Å². The Labute approximate surface area is 134 Å². The summed E-state index contributed by atoms with van der Waals surface area (Å²) >= 11 is 0. The van der Waals surface area contributed by atoms with Crippen LogP contribution in [0.2, 0.25) is 0 Å². The Hall–Kier alpha value is -1.52. The molecule has 0 unspecified atom stereocenters. The van der Waals surface area contributed by atoms with Crippen LogP contribution in [-0.2, 0) is 6.42 Å². The number of quaternary nitrogens is 2. The van der Waals surface area contributed by atoms with Crippen molar-refractivity contribution in [2.24, 2.45) is 0 Å². The van der Waals surface area contributed by atoms with Crippen molar-refractivity contribution in [2.75, 3.05) is 53.5 Å². The summed E-state index contributed by atoms with van der Waals surface area (Å²) in [6, 6.07) is 6.03. The molecular weight excluding hydrogens is 276 g/mol. The van der Waals surface area contributed by atoms with Crippen LogP contribution in [0.1, 0.15) is 12.0 Å². The van der Waals surface area contributed by atoms with Gasteiger partial charge in [-0.15, -0.1) is 6.58 Å². The molecule has 1 aromatic rings. The molecule has 0 spiro atoms. The second-order valence-corrected chi connectivity index (χ2v) is 6.10. The van der Waals surface area contributed by atoms with Crippen LogP contribution in [0.25, 0.3) is 0 Å². The molecule has 0 aliphatic carbocycles. The van der Waals surface area contributed by atoms with Crippen molar-refractivity contribution >= 4 is 0 Å². The van der Waals surface area contributed by atoms with Crippen molar-refractivity contribution in [3.05, 3.63) is 36.4 Å². The van der Waals surface area contributed by atoms with Crippen molar-refractivity contribution in [3.8, 4) is 11.5 Å². The van der Waals surface area contributed by atoms with Crippen molar-refractivity contribution in [1.82, 2.24) is 0 Å². The van der Waals surface area contributed by atoms with Gasteiger partial charge >= 0.3 is 0 Å². The summed E-state index contributed by atoms with van der Waals surface area (Å²) in [4.78, 5) is 3.36. The molecule has 1 heterocycles. The molecule has 2 N–H and O–H groups in total. The predicted octanol–water partition coefficient (Wildman–Crippen LogP) is -0.394. The van der Waals surface area contributed by atoms with E-state index in [-0.39, 0.29) is 0 Å². The molecule has 4 heteroatoms. The molecule has 1 saturated heterocycles. The lowest BCUT2D eigenvalue weighted by molar-refractivity contribution is -1.00. The van der Waals surface area contributed by atoms with Gasteiger partial charge in [-0.25, -0.2) is 0 Å². The molecule has 0 radical (unpaired) electrons. The predicted molar refractivity (Wildman–Crippen MR) is 89.2 cm³/mol. The van der Waals surface area contributed by atoms with E-state index in [2.05, 4.69) is 19.7 Å². The number of benzene rings is 1. The lowest BCUT2D eigenvalue weighted by atomic mass is 10.1. The molecule has 4 nitrogen and oxygen atoms in total. The molecule has 1 aromatic carbocycles. The summed E-state index contributed by atoms with van der Waals surface area (Å²) in [5.41, 5.74) is 1.14. The third-order valence-corrected chi connectivity index (χ3v) is 4.38. The fourth-order valence-corrected chi connectivity index (χ4v) is 2.98. The Kier molecular flexibility index (Phi) is 6.74. The molecule has 0 bridgehead atoms. The average molecular weight is 306 g/mol. The van der Waals surface area contributed by atoms with E-state index in [0.717, 1.165) is 36.5 Å². The van der Waals surface area contributed by atoms with Gasteiger partial charge in [0, 0.05) is 12.0 Å². The molecule has 0 saturated carbocycles. The standard InChI is InChI=1S/C18H28N2O2/c1-4-7-16-8-5-9-17(21-3)18(16)22-15-6-10-20-13-11-19(2)12-14-20/h4-5,8-9H,1,6-7,10-15H2,2-3H3/p+2. The van der Waals surface area contributed by atoms with Gasteiger partial charge in [0.2, 0.25) is 0 Å². The molecule has 22 heavy (non-hydrogen) atoms. The van der Waals surface area contributed by atoms with E-state index in [1.807, 2.05) is 18.2 Å². The van der Waals surface area contributed by atoms with Gasteiger partial charge in [-0.3, -0.25) is 0 Å². The monoisotopic (exact) mass is 306 g/mol. The molecular formula is C18H30N2O2+2. The molecule has 1 aliphatic rings. The Bertz CT molecular complexity index is 468. The first kappa shape index (κ1) is 16.8. The fraction of sp³-hybridized carbons (Fsp3) is 0.556. The minimum atomic E-state index is 0.747. The van der Waals surface area contributed by atoms with E-state index in [1.165, 1.54) is 32.7 Å². The summed E-state index contributed by atoms with van der Waals surface area (Å²) in [6.07, 6.45) is 3.79. The lowest BCUT2D eigenvalue weighted by Crippen LogP contribution is -3.27. The van der Waals surface area contributed by atoms with Gasteiger partial charge in [0.1, 0.15) is 26.2 Å². The van der Waals surface area contributed by atoms with Crippen LogP contribution in [0, 0.1) is 0 Å². The van der Waals surface area contributed by atoms with Crippen LogP contribution in [0.3, 0.4) is 0 Å². The minimum absolute atomic E-state index is 0.747. The number of piperazine rings is 1. The summed E-state index contributed by atoms with van der Waals surface area (Å²) in [5, 5.41) is 0. The van der Waals surface area contributed by atoms with E-state index >= 15 is 0 Å². The normalized spacial score (nSPS) is 21.4. The first-order chi connectivity index (χ1) is 10.7. The largest absolute Gasteiger partial charge is 0.493 e. The summed E-state index contributed by atoms with van der Waals surface area (Å²) in [6.45, 7) is 10.9. The third kappa shape index (κ3) is 4.75. The maximum atomic E-state index is 6.03. The highest BCUT2D eigenvalue weighted by molar-refractivity contribution is 5.47. The maximum absolute atomic E-state index is 6.03. The zero-order valence-electron chi connectivity index (χ0n) is 14.0. The number of para-hydroxylation sites is 1. The summed E-state index contributed by atoms with van der Waals surface area (Å²) in [5.74, 6) is 1.69. The highest BCUT2D eigenvalue weighted by Crippen LogP contribution is 2.31. The number of methoxy groups -OCH3 is 1. The second kappa shape index (κ2) is 8.81. The van der Waals surface area contributed by atoms with Crippen LogP contribution < -0.4 is 19.3 Å². The Morgan fingerprint density at radius 1 is 1.23 bits per heavy atom. The van der Waals surface area contributed by atoms with Gasteiger partial charge in [0.15, 0.2) is 11.5 Å². The molecule has 2 rings (SSSR count). The first-order valence-corrected chi connectivity index (χ1v) is 8.29. The fourth-order valence-electron chi connectivity index (χ4n) is 2.98. The van der Waals surface area contributed by atoms with Crippen LogP contribution in [-0.4, -0.2) is 53.5 Å². The highest BCUT2D eigenvalue weighted by atomic mass is 16.5. The number of allylic oxidation sites excluding steroid dienone is 1. The van der Waals surface area contributed by atoms with Crippen molar-refractivity contribution in [2.45, 2.75) is 12.8 Å². The Balaban J connectivity index is 1.82. The van der Waals surface area contributed by atoms with E-state index in [4.69, 9.17) is 9.47 Å². The van der Waals surface area contributed by atoms with Crippen LogP contribution in [0.5, 0.6) is 11.5 Å². The lowest BCUT2D eigenvalue weighted by Gasteiger charge is -2.27. The van der Waals surface area contributed by atoms with Gasteiger partial charge in [0.25, 0.3) is 0 Å². The molecule has 0 atom stereocenters. The zero-order chi connectivity index (χ0) is 15.8. The van der Waals surface area contributed by atoms with Crippen LogP contribution >= 0.6 is 0 Å². The maximum Gasteiger partial charge on any atom is 0.164 e. The van der Waals surface area contributed by atoms with Crippen molar-refractivity contribution in [3.63, 3.8) is 0 Å². The van der Waals surface area contributed by atoms with Crippen molar-refractivity contribution < 1.29 is 19.3 Å². The zero-order valence-corrected chi connectivity index (χ0v) is 14.0. The second-order valence-electron chi connectivity index (χ2n) is 6.10. The molecule has 122 valence electrons. The van der Waals surface area contributed by atoms with Gasteiger partial charge in [-0.05, 0) is 12.5 Å². The SMILES string of the molecule is C=CCc1cccc(OC)c1OCCC[NH+]1CC[NH+](C)CC1. The highest BCUT2D eigenvalue weighted by Gasteiger charge is 2.19. The smallest absolute Gasteiger partial charge is 0.164 e. The van der Waals surface area contributed by atoms with Crippen molar-refractivity contribution in [1.29, 1.82) is 0 Å². The quantitative estimate of drug-likeness (QED) is 0.505. The van der Waals surface area contributed by atoms with Gasteiger partial charge in [-0.2, -0.15) is 0 Å². The number of likely N-dealkylation sites (N-methyl/N-ethyl adjacent to an activating group) is 1. The third-order valence-electron chi connectivity index (χ3n) is 4.38. The molecule has 0 aromatic heterocycles. The molecule has 1 aliphatic heterocycles. The van der Waals surface area contributed by atoms with Crippen LogP contribution in [0.4, 0.5) is 0 Å². The molecule has 0 amide bonds. The molecule has 1 fully saturated rings. The number of hydrogen-bond donors (Lipinski definition) is 2.